The van der Waals surface area contributed by atoms with Crippen molar-refractivity contribution in [1.82, 2.24) is 4.98 Å². The molecule has 0 fully saturated rings. The Morgan fingerprint density at radius 2 is 1.86 bits per heavy atom. The molecule has 4 heteroatoms. The molecule has 0 unspecified atom stereocenters. The molecule has 1 aromatic heterocycles. The Morgan fingerprint density at radius 1 is 1.10 bits per heavy atom. The van der Waals surface area contributed by atoms with Gasteiger partial charge in [-0.3, -0.25) is 4.79 Å². The molecule has 3 rings (SSSR count). The molecule has 21 heavy (non-hydrogen) atoms. The quantitative estimate of drug-likeness (QED) is 0.744. The van der Waals surface area contributed by atoms with Gasteiger partial charge in [-0.25, -0.2) is 0 Å². The average molecular weight is 297 g/mol. The molecule has 0 saturated carbocycles. The molecule has 1 heterocycles. The number of pyridine rings is 1. The summed E-state index contributed by atoms with van der Waals surface area (Å²) in [4.78, 5) is 15.7. The lowest BCUT2D eigenvalue weighted by molar-refractivity contribution is 0.405. The summed E-state index contributed by atoms with van der Waals surface area (Å²) < 4.78 is 5.36. The van der Waals surface area contributed by atoms with Crippen molar-refractivity contribution in [2.45, 2.75) is 10.6 Å². The topological polar surface area (TPSA) is 42.1 Å². The molecule has 0 bridgehead atoms. The molecular weight excluding hydrogens is 282 g/mol. The van der Waals surface area contributed by atoms with E-state index >= 15 is 0 Å². The third-order valence-corrected chi connectivity index (χ3v) is 4.39. The van der Waals surface area contributed by atoms with Crippen LogP contribution < -0.4 is 10.3 Å². The summed E-state index contributed by atoms with van der Waals surface area (Å²) in [6.45, 7) is 0. The Labute approximate surface area is 127 Å². The van der Waals surface area contributed by atoms with E-state index in [1.54, 1.807) is 24.9 Å². The van der Waals surface area contributed by atoms with Crippen LogP contribution in [-0.2, 0) is 5.75 Å². The summed E-state index contributed by atoms with van der Waals surface area (Å²) in [5.41, 5.74) is 1.84. The fourth-order valence-corrected chi connectivity index (χ4v) is 3.31. The van der Waals surface area contributed by atoms with Gasteiger partial charge < -0.3 is 9.72 Å². The number of benzene rings is 2. The van der Waals surface area contributed by atoms with Crippen molar-refractivity contribution >= 4 is 22.7 Å². The van der Waals surface area contributed by atoms with Crippen LogP contribution in [0.5, 0.6) is 5.75 Å². The molecule has 3 aromatic rings. The van der Waals surface area contributed by atoms with Gasteiger partial charge in [-0.05, 0) is 23.8 Å². The highest BCUT2D eigenvalue weighted by atomic mass is 32.2. The number of nitrogens with one attached hydrogen (secondary N) is 1. The lowest BCUT2D eigenvalue weighted by Gasteiger charge is -2.09. The van der Waals surface area contributed by atoms with Gasteiger partial charge in [-0.2, -0.15) is 0 Å². The highest BCUT2D eigenvalue weighted by Crippen LogP contribution is 2.32. The van der Waals surface area contributed by atoms with E-state index in [1.165, 1.54) is 0 Å². The van der Waals surface area contributed by atoms with Gasteiger partial charge in [0.25, 0.3) is 0 Å². The van der Waals surface area contributed by atoms with Crippen LogP contribution in [0.1, 0.15) is 5.56 Å². The molecule has 0 saturated heterocycles. The largest absolute Gasteiger partial charge is 0.496 e. The van der Waals surface area contributed by atoms with E-state index < -0.39 is 0 Å². The standard InChI is InChI=1S/C17H15NO2S/c1-20-15-8-4-5-9-16(15)21-11-12-10-17(19)18-14-7-3-2-6-13(12)14/h2-10H,11H2,1H3,(H,18,19). The van der Waals surface area contributed by atoms with Gasteiger partial charge in [0.1, 0.15) is 5.75 Å². The normalized spacial score (nSPS) is 10.7. The maximum absolute atomic E-state index is 11.7. The van der Waals surface area contributed by atoms with Crippen molar-refractivity contribution < 1.29 is 4.74 Å². The van der Waals surface area contributed by atoms with E-state index in [-0.39, 0.29) is 5.56 Å². The van der Waals surface area contributed by atoms with Gasteiger partial charge in [0.05, 0.1) is 7.11 Å². The van der Waals surface area contributed by atoms with Crippen LogP contribution >= 0.6 is 11.8 Å². The van der Waals surface area contributed by atoms with E-state index in [9.17, 15) is 4.79 Å². The van der Waals surface area contributed by atoms with Crippen molar-refractivity contribution in [3.8, 4) is 5.75 Å². The number of hydrogen-bond donors (Lipinski definition) is 1. The predicted molar refractivity (Wildman–Crippen MR) is 87.1 cm³/mol. The van der Waals surface area contributed by atoms with E-state index in [2.05, 4.69) is 4.98 Å². The summed E-state index contributed by atoms with van der Waals surface area (Å²) in [5, 5.41) is 1.08. The third-order valence-electron chi connectivity index (χ3n) is 3.29. The summed E-state index contributed by atoms with van der Waals surface area (Å²) in [6, 6.07) is 17.4. The Morgan fingerprint density at radius 3 is 2.71 bits per heavy atom. The average Bonchev–Trinajstić information content (AvgIpc) is 2.52. The number of ether oxygens (including phenoxy) is 1. The summed E-state index contributed by atoms with van der Waals surface area (Å²) in [7, 11) is 1.67. The van der Waals surface area contributed by atoms with Crippen LogP contribution in [0.15, 0.2) is 64.3 Å². The molecule has 106 valence electrons. The maximum Gasteiger partial charge on any atom is 0.248 e. The molecule has 0 spiro atoms. The zero-order chi connectivity index (χ0) is 14.7. The van der Waals surface area contributed by atoms with Crippen LogP contribution in [0.2, 0.25) is 0 Å². The fraction of sp³-hybridized carbons (Fsp3) is 0.118. The van der Waals surface area contributed by atoms with Gasteiger partial charge in [0.2, 0.25) is 5.56 Å². The number of aromatic amines is 1. The zero-order valence-corrected chi connectivity index (χ0v) is 12.4. The Bertz CT molecular complexity index is 826. The van der Waals surface area contributed by atoms with E-state index in [4.69, 9.17) is 4.74 Å². The minimum absolute atomic E-state index is 0.0654. The van der Waals surface area contributed by atoms with Gasteiger partial charge in [-0.1, -0.05) is 30.3 Å². The lowest BCUT2D eigenvalue weighted by atomic mass is 10.1. The van der Waals surface area contributed by atoms with Crippen LogP contribution in [0.25, 0.3) is 10.9 Å². The van der Waals surface area contributed by atoms with Crippen molar-refractivity contribution in [3.05, 3.63) is 70.5 Å². The molecule has 3 nitrogen and oxygen atoms in total. The van der Waals surface area contributed by atoms with E-state index in [0.717, 1.165) is 32.9 Å². The first-order chi connectivity index (χ1) is 10.3. The Kier molecular flexibility index (Phi) is 3.97. The molecule has 0 amide bonds. The van der Waals surface area contributed by atoms with Crippen LogP contribution in [0.3, 0.4) is 0 Å². The van der Waals surface area contributed by atoms with Crippen molar-refractivity contribution in [1.29, 1.82) is 0 Å². The summed E-state index contributed by atoms with van der Waals surface area (Å²) in [5.74, 6) is 1.58. The SMILES string of the molecule is COc1ccccc1SCc1cc(=O)[nH]c2ccccc12. The number of fused-ring (bicyclic) bond motifs is 1. The van der Waals surface area contributed by atoms with E-state index in [1.807, 2.05) is 48.5 Å². The molecule has 0 aliphatic heterocycles. The monoisotopic (exact) mass is 297 g/mol. The molecule has 2 aromatic carbocycles. The highest BCUT2D eigenvalue weighted by molar-refractivity contribution is 7.98. The molecule has 0 atom stereocenters. The van der Waals surface area contributed by atoms with E-state index in [0.29, 0.717) is 0 Å². The van der Waals surface area contributed by atoms with Crippen molar-refractivity contribution in [3.63, 3.8) is 0 Å². The lowest BCUT2D eigenvalue weighted by Crippen LogP contribution is -2.05. The second-order valence-electron chi connectivity index (χ2n) is 4.64. The molecule has 1 N–H and O–H groups in total. The molecule has 0 aliphatic rings. The van der Waals surface area contributed by atoms with Crippen molar-refractivity contribution in [2.24, 2.45) is 0 Å². The molecule has 0 radical (unpaired) electrons. The predicted octanol–water partition coefficient (Wildman–Crippen LogP) is 3.83. The minimum atomic E-state index is -0.0654. The zero-order valence-electron chi connectivity index (χ0n) is 11.6. The van der Waals surface area contributed by atoms with Gasteiger partial charge >= 0.3 is 0 Å². The first-order valence-electron chi connectivity index (χ1n) is 6.64. The Hall–Kier alpha value is -2.20. The molecule has 0 aliphatic carbocycles. The smallest absolute Gasteiger partial charge is 0.248 e. The maximum atomic E-state index is 11.7. The van der Waals surface area contributed by atoms with Crippen LogP contribution in [-0.4, -0.2) is 12.1 Å². The van der Waals surface area contributed by atoms with Crippen molar-refractivity contribution in [2.75, 3.05) is 7.11 Å². The first kappa shape index (κ1) is 13.8. The summed E-state index contributed by atoms with van der Waals surface area (Å²) in [6.07, 6.45) is 0. The number of hydrogen-bond acceptors (Lipinski definition) is 3. The number of H-pyrrole nitrogens is 1. The number of thioether (sulfide) groups is 1. The van der Waals surface area contributed by atoms with Gasteiger partial charge in [0, 0.05) is 27.6 Å². The Balaban J connectivity index is 1.93. The van der Waals surface area contributed by atoms with Gasteiger partial charge in [-0.15, -0.1) is 11.8 Å². The highest BCUT2D eigenvalue weighted by Gasteiger charge is 2.06. The first-order valence-corrected chi connectivity index (χ1v) is 7.63. The number of para-hydroxylation sites is 2. The number of rotatable bonds is 4. The third kappa shape index (κ3) is 2.95. The minimum Gasteiger partial charge on any atom is -0.496 e. The second kappa shape index (κ2) is 6.06. The molecular formula is C17H15NO2S. The second-order valence-corrected chi connectivity index (χ2v) is 5.66. The van der Waals surface area contributed by atoms with Crippen LogP contribution in [0.4, 0.5) is 0 Å². The number of aromatic nitrogens is 1. The van der Waals surface area contributed by atoms with Gasteiger partial charge in [0.15, 0.2) is 0 Å². The number of methoxy groups -OCH3 is 1. The van der Waals surface area contributed by atoms with Crippen LogP contribution in [0, 0.1) is 0 Å². The summed E-state index contributed by atoms with van der Waals surface area (Å²) >= 11 is 1.67. The fourth-order valence-electron chi connectivity index (χ4n) is 2.29.